The van der Waals surface area contributed by atoms with Crippen LogP contribution in [0.15, 0.2) is 0 Å². The number of rotatable bonds is 8. The first-order valence-electron chi connectivity index (χ1n) is 9.10. The van der Waals surface area contributed by atoms with E-state index in [0.717, 1.165) is 63.7 Å². The second kappa shape index (κ2) is 10.7. The van der Waals surface area contributed by atoms with E-state index in [9.17, 15) is 4.79 Å². The highest BCUT2D eigenvalue weighted by Crippen LogP contribution is 2.20. The Balaban J connectivity index is 0.00000288. The lowest BCUT2D eigenvalue weighted by Crippen LogP contribution is -2.35. The van der Waals surface area contributed by atoms with Crippen molar-refractivity contribution >= 4 is 18.3 Å². The Morgan fingerprint density at radius 1 is 1.29 bits per heavy atom. The average molecular weight is 358 g/mol. The molecule has 0 saturated carbocycles. The molecule has 1 aromatic heterocycles. The maximum absolute atomic E-state index is 12.6. The van der Waals surface area contributed by atoms with Gasteiger partial charge in [-0.25, -0.2) is 4.68 Å². The van der Waals surface area contributed by atoms with E-state index in [1.807, 2.05) is 11.6 Å². The van der Waals surface area contributed by atoms with Gasteiger partial charge >= 0.3 is 0 Å². The maximum atomic E-state index is 12.6. The summed E-state index contributed by atoms with van der Waals surface area (Å²) in [6.45, 7) is 8.29. The molecule has 2 N–H and O–H groups in total. The monoisotopic (exact) mass is 357 g/mol. The fraction of sp³-hybridized carbons (Fsp3) is 0.824. The first-order chi connectivity index (χ1) is 11.2. The summed E-state index contributed by atoms with van der Waals surface area (Å²) in [5.74, 6) is -0.0720. The lowest BCUT2D eigenvalue weighted by molar-refractivity contribution is 0.0926. The number of amides is 1. The standard InChI is InChI=1S/C17H31N5O.ClH/c1-4-6-8-14(7-5-2)19-17(23)16-13(3)22(21-20-16)15-9-11-18-12-10-15;/h14-15,18H,4-12H2,1-3H3,(H,19,23);1H. The van der Waals surface area contributed by atoms with Gasteiger partial charge in [0, 0.05) is 6.04 Å². The molecule has 1 amide bonds. The molecule has 1 unspecified atom stereocenters. The molecule has 1 aliphatic heterocycles. The summed E-state index contributed by atoms with van der Waals surface area (Å²) in [6, 6.07) is 0.604. The summed E-state index contributed by atoms with van der Waals surface area (Å²) >= 11 is 0. The van der Waals surface area contributed by atoms with Crippen molar-refractivity contribution in [2.75, 3.05) is 13.1 Å². The zero-order valence-corrected chi connectivity index (χ0v) is 16.0. The van der Waals surface area contributed by atoms with Crippen molar-refractivity contribution < 1.29 is 4.79 Å². The van der Waals surface area contributed by atoms with Crippen LogP contribution < -0.4 is 10.6 Å². The van der Waals surface area contributed by atoms with Crippen molar-refractivity contribution in [2.24, 2.45) is 0 Å². The second-order valence-corrected chi connectivity index (χ2v) is 6.55. The highest BCUT2D eigenvalue weighted by Gasteiger charge is 2.23. The van der Waals surface area contributed by atoms with E-state index >= 15 is 0 Å². The molecule has 0 bridgehead atoms. The Kier molecular flexibility index (Phi) is 9.29. The van der Waals surface area contributed by atoms with Gasteiger partial charge in [-0.2, -0.15) is 0 Å². The van der Waals surface area contributed by atoms with Gasteiger partial charge in [0.2, 0.25) is 0 Å². The number of piperidine rings is 1. The van der Waals surface area contributed by atoms with Crippen LogP contribution in [0.2, 0.25) is 0 Å². The molecular weight excluding hydrogens is 326 g/mol. The Morgan fingerprint density at radius 3 is 2.62 bits per heavy atom. The normalized spacial score (nSPS) is 16.5. The highest BCUT2D eigenvalue weighted by molar-refractivity contribution is 5.93. The molecule has 0 spiro atoms. The van der Waals surface area contributed by atoms with Crippen LogP contribution in [-0.4, -0.2) is 40.0 Å². The Bertz CT molecular complexity index is 499. The average Bonchev–Trinajstić information content (AvgIpc) is 2.95. The van der Waals surface area contributed by atoms with Gasteiger partial charge in [-0.05, 0) is 45.7 Å². The van der Waals surface area contributed by atoms with Gasteiger partial charge in [-0.1, -0.05) is 38.3 Å². The number of carbonyl (C=O) groups is 1. The molecule has 1 atom stereocenters. The van der Waals surface area contributed by atoms with E-state index in [-0.39, 0.29) is 24.4 Å². The van der Waals surface area contributed by atoms with Crippen LogP contribution in [-0.2, 0) is 0 Å². The van der Waals surface area contributed by atoms with E-state index in [1.54, 1.807) is 0 Å². The predicted octanol–water partition coefficient (Wildman–Crippen LogP) is 3.02. The molecule has 1 aromatic rings. The van der Waals surface area contributed by atoms with Crippen LogP contribution in [0.1, 0.15) is 81.0 Å². The summed E-state index contributed by atoms with van der Waals surface area (Å²) in [6.07, 6.45) is 7.52. The van der Waals surface area contributed by atoms with E-state index in [4.69, 9.17) is 0 Å². The number of aromatic nitrogens is 3. The summed E-state index contributed by atoms with van der Waals surface area (Å²) in [5, 5.41) is 14.9. The second-order valence-electron chi connectivity index (χ2n) is 6.55. The molecule has 2 heterocycles. The molecule has 24 heavy (non-hydrogen) atoms. The Hall–Kier alpha value is -1.14. The largest absolute Gasteiger partial charge is 0.348 e. The number of hydrogen-bond donors (Lipinski definition) is 2. The van der Waals surface area contributed by atoms with Crippen molar-refractivity contribution in [3.63, 3.8) is 0 Å². The third-order valence-electron chi connectivity index (χ3n) is 4.68. The lowest BCUT2D eigenvalue weighted by Gasteiger charge is -2.23. The maximum Gasteiger partial charge on any atom is 0.273 e. The molecular formula is C17H32ClN5O. The van der Waals surface area contributed by atoms with E-state index in [1.165, 1.54) is 0 Å². The molecule has 7 heteroatoms. The van der Waals surface area contributed by atoms with E-state index in [2.05, 4.69) is 34.8 Å². The van der Waals surface area contributed by atoms with E-state index in [0.29, 0.717) is 11.7 Å². The summed E-state index contributed by atoms with van der Waals surface area (Å²) in [5.41, 5.74) is 1.38. The van der Waals surface area contributed by atoms with E-state index < -0.39 is 0 Å². The van der Waals surface area contributed by atoms with Crippen LogP contribution in [0, 0.1) is 6.92 Å². The van der Waals surface area contributed by atoms with Crippen molar-refractivity contribution in [3.05, 3.63) is 11.4 Å². The molecule has 2 rings (SSSR count). The number of halogens is 1. The zero-order chi connectivity index (χ0) is 16.7. The number of nitrogens with one attached hydrogen (secondary N) is 2. The van der Waals surface area contributed by atoms with Crippen molar-refractivity contribution in [1.82, 2.24) is 25.6 Å². The number of carbonyl (C=O) groups excluding carboxylic acids is 1. The van der Waals surface area contributed by atoms with Crippen LogP contribution in [0.5, 0.6) is 0 Å². The van der Waals surface area contributed by atoms with Crippen molar-refractivity contribution in [1.29, 1.82) is 0 Å². The fourth-order valence-corrected chi connectivity index (χ4v) is 3.29. The third-order valence-corrected chi connectivity index (χ3v) is 4.68. The van der Waals surface area contributed by atoms with Crippen LogP contribution in [0.25, 0.3) is 0 Å². The quantitative estimate of drug-likeness (QED) is 0.750. The molecule has 1 saturated heterocycles. The van der Waals surface area contributed by atoms with Gasteiger partial charge in [0.1, 0.15) is 0 Å². The van der Waals surface area contributed by atoms with Crippen LogP contribution in [0.4, 0.5) is 0 Å². The lowest BCUT2D eigenvalue weighted by atomic mass is 10.0. The molecule has 6 nitrogen and oxygen atoms in total. The van der Waals surface area contributed by atoms with Gasteiger partial charge in [-0.3, -0.25) is 4.79 Å². The first kappa shape index (κ1) is 20.9. The summed E-state index contributed by atoms with van der Waals surface area (Å²) < 4.78 is 1.94. The number of hydrogen-bond acceptors (Lipinski definition) is 4. The smallest absolute Gasteiger partial charge is 0.273 e. The summed E-state index contributed by atoms with van der Waals surface area (Å²) in [4.78, 5) is 12.6. The van der Waals surface area contributed by atoms with Gasteiger partial charge in [-0.15, -0.1) is 17.5 Å². The molecule has 0 aliphatic carbocycles. The molecule has 138 valence electrons. The minimum absolute atomic E-state index is 0. The van der Waals surface area contributed by atoms with Gasteiger partial charge in [0.15, 0.2) is 5.69 Å². The van der Waals surface area contributed by atoms with Gasteiger partial charge < -0.3 is 10.6 Å². The van der Waals surface area contributed by atoms with Crippen LogP contribution in [0.3, 0.4) is 0 Å². The first-order valence-corrected chi connectivity index (χ1v) is 9.10. The number of unbranched alkanes of at least 4 members (excludes halogenated alkanes) is 1. The fourth-order valence-electron chi connectivity index (χ4n) is 3.29. The molecule has 1 fully saturated rings. The minimum atomic E-state index is -0.0720. The topological polar surface area (TPSA) is 71.8 Å². The zero-order valence-electron chi connectivity index (χ0n) is 15.2. The SMILES string of the molecule is CCCCC(CCC)NC(=O)c1nnn(C2CCNCC2)c1C.Cl. The van der Waals surface area contributed by atoms with Gasteiger partial charge in [0.25, 0.3) is 5.91 Å². The van der Waals surface area contributed by atoms with Crippen molar-refractivity contribution in [2.45, 2.75) is 77.8 Å². The number of nitrogens with zero attached hydrogens (tertiary/aromatic N) is 3. The molecule has 1 aliphatic rings. The highest BCUT2D eigenvalue weighted by atomic mass is 35.5. The Labute approximate surface area is 151 Å². The van der Waals surface area contributed by atoms with Crippen LogP contribution >= 0.6 is 12.4 Å². The van der Waals surface area contributed by atoms with Gasteiger partial charge in [0.05, 0.1) is 11.7 Å². The summed E-state index contributed by atoms with van der Waals surface area (Å²) in [7, 11) is 0. The minimum Gasteiger partial charge on any atom is -0.348 e. The van der Waals surface area contributed by atoms with Crippen molar-refractivity contribution in [3.8, 4) is 0 Å². The predicted molar refractivity (Wildman–Crippen MR) is 98.8 cm³/mol. The molecule has 0 aromatic carbocycles. The third kappa shape index (κ3) is 5.45. The Morgan fingerprint density at radius 2 is 2.00 bits per heavy atom. The molecule has 0 radical (unpaired) electrons.